The molecular weight excluding hydrogens is 512 g/mol. The molecule has 0 spiro atoms. The fourth-order valence-corrected chi connectivity index (χ4v) is 4.83. The first kappa shape index (κ1) is 30.3. The summed E-state index contributed by atoms with van der Waals surface area (Å²) >= 11 is 6.77. The fraction of sp³-hybridized carbons (Fsp3) is 0.708. The number of carbonyl (C=O) groups excluding carboxylic acids is 1. The molecule has 1 aromatic rings. The molecule has 12 heteroatoms. The summed E-state index contributed by atoms with van der Waals surface area (Å²) in [5.74, 6) is 0. The highest BCUT2D eigenvalue weighted by molar-refractivity contribution is 6.34. The molecule has 1 aliphatic rings. The fourth-order valence-electron chi connectivity index (χ4n) is 4.52. The van der Waals surface area contributed by atoms with Gasteiger partial charge >= 0.3 is 18.4 Å². The first-order valence-electron chi connectivity index (χ1n) is 12.0. The van der Waals surface area contributed by atoms with E-state index in [1.165, 1.54) is 0 Å². The lowest BCUT2D eigenvalue weighted by Gasteiger charge is -2.46. The van der Waals surface area contributed by atoms with Gasteiger partial charge in [0.2, 0.25) is 0 Å². The number of halogens is 7. The van der Waals surface area contributed by atoms with E-state index in [2.05, 4.69) is 28.4 Å². The number of ether oxygens (including phenoxy) is 1. The molecule has 0 aliphatic carbocycles. The molecule has 1 heterocycles. The van der Waals surface area contributed by atoms with Gasteiger partial charge in [0.25, 0.3) is 6.10 Å². The van der Waals surface area contributed by atoms with Gasteiger partial charge in [0.15, 0.2) is 0 Å². The van der Waals surface area contributed by atoms with Crippen LogP contribution in [0.4, 0.5) is 36.8 Å². The Morgan fingerprint density at radius 1 is 1.08 bits per heavy atom. The molecular formula is C24H34ClF6N3O2. The number of likely N-dealkylation sites (tertiary alicyclic amines) is 1. The molecule has 1 amide bonds. The Morgan fingerprint density at radius 3 is 2.14 bits per heavy atom. The number of hydrogen-bond acceptors (Lipinski definition) is 4. The summed E-state index contributed by atoms with van der Waals surface area (Å²) in [4.78, 5) is 17.4. The van der Waals surface area contributed by atoms with Crippen molar-refractivity contribution in [3.8, 4) is 0 Å². The molecule has 0 N–H and O–H groups in total. The van der Waals surface area contributed by atoms with Gasteiger partial charge in [0.05, 0.1) is 10.7 Å². The number of carbonyl (C=O) groups is 1. The summed E-state index contributed by atoms with van der Waals surface area (Å²) < 4.78 is 80.4. The number of nitrogens with zero attached hydrogens (tertiary/aromatic N) is 3. The third-order valence-corrected chi connectivity index (χ3v) is 7.13. The van der Waals surface area contributed by atoms with Crippen LogP contribution in [-0.2, 0) is 11.3 Å². The highest BCUT2D eigenvalue weighted by Gasteiger charge is 2.60. The van der Waals surface area contributed by atoms with Crippen molar-refractivity contribution in [2.45, 2.75) is 77.5 Å². The van der Waals surface area contributed by atoms with Gasteiger partial charge in [-0.25, -0.2) is 4.79 Å². The quantitative estimate of drug-likeness (QED) is 0.317. The summed E-state index contributed by atoms with van der Waals surface area (Å²) in [5.41, 5.74) is 1.43. The average Bonchev–Trinajstić information content (AvgIpc) is 2.79. The molecule has 0 aromatic heterocycles. The van der Waals surface area contributed by atoms with E-state index in [9.17, 15) is 31.1 Å². The second-order valence-corrected chi connectivity index (χ2v) is 9.55. The van der Waals surface area contributed by atoms with Gasteiger partial charge < -0.3 is 14.5 Å². The van der Waals surface area contributed by atoms with Crippen LogP contribution in [0.1, 0.15) is 52.5 Å². The maximum Gasteiger partial charge on any atom is 0.434 e. The molecule has 0 bridgehead atoms. The van der Waals surface area contributed by atoms with Gasteiger partial charge in [-0.1, -0.05) is 37.6 Å². The van der Waals surface area contributed by atoms with Crippen molar-refractivity contribution in [2.75, 3.05) is 37.6 Å². The van der Waals surface area contributed by atoms with Crippen LogP contribution >= 0.6 is 11.6 Å². The third kappa shape index (κ3) is 7.34. The van der Waals surface area contributed by atoms with Gasteiger partial charge in [0.1, 0.15) is 0 Å². The predicted molar refractivity (Wildman–Crippen MR) is 127 cm³/mol. The van der Waals surface area contributed by atoms with E-state index in [1.54, 1.807) is 0 Å². The molecule has 5 nitrogen and oxygen atoms in total. The maximum absolute atomic E-state index is 12.8. The molecule has 0 atom stereocenters. The Bertz CT molecular complexity index is 858. The smallest absolute Gasteiger partial charge is 0.426 e. The van der Waals surface area contributed by atoms with Crippen molar-refractivity contribution in [3.63, 3.8) is 0 Å². The molecule has 1 aromatic carbocycles. The minimum atomic E-state index is -5.74. The molecule has 1 fully saturated rings. The summed E-state index contributed by atoms with van der Waals surface area (Å²) in [6.45, 7) is 10.9. The predicted octanol–water partition coefficient (Wildman–Crippen LogP) is 6.88. The van der Waals surface area contributed by atoms with Crippen molar-refractivity contribution in [1.29, 1.82) is 0 Å². The maximum atomic E-state index is 12.8. The van der Waals surface area contributed by atoms with Crippen molar-refractivity contribution < 1.29 is 35.9 Å². The Labute approximate surface area is 213 Å². The van der Waals surface area contributed by atoms with E-state index in [0.717, 1.165) is 35.7 Å². The molecule has 2 rings (SSSR count). The Kier molecular flexibility index (Phi) is 10.2. The average molecular weight is 546 g/mol. The second-order valence-electron chi connectivity index (χ2n) is 9.18. The van der Waals surface area contributed by atoms with Crippen LogP contribution in [-0.4, -0.2) is 72.6 Å². The van der Waals surface area contributed by atoms with Gasteiger partial charge in [-0.3, -0.25) is 4.90 Å². The molecule has 0 saturated carbocycles. The van der Waals surface area contributed by atoms with Crippen LogP contribution in [0.3, 0.4) is 0 Å². The zero-order valence-corrected chi connectivity index (χ0v) is 21.7. The second kappa shape index (κ2) is 12.1. The topological polar surface area (TPSA) is 36.0 Å². The van der Waals surface area contributed by atoms with Crippen molar-refractivity contribution >= 4 is 23.4 Å². The van der Waals surface area contributed by atoms with E-state index >= 15 is 0 Å². The van der Waals surface area contributed by atoms with Crippen LogP contribution in [0.2, 0.25) is 5.02 Å². The zero-order chi connectivity index (χ0) is 27.3. The van der Waals surface area contributed by atoms with Crippen LogP contribution in [0.25, 0.3) is 0 Å². The number of alkyl halides is 6. The van der Waals surface area contributed by atoms with E-state index in [0.29, 0.717) is 31.0 Å². The minimum absolute atomic E-state index is 0.0256. The van der Waals surface area contributed by atoms with Crippen LogP contribution < -0.4 is 4.90 Å². The van der Waals surface area contributed by atoms with Crippen LogP contribution in [0.15, 0.2) is 18.2 Å². The number of hydrogen-bond donors (Lipinski definition) is 0. The molecule has 0 unspecified atom stereocenters. The number of rotatable bonds is 9. The lowest BCUT2D eigenvalue weighted by atomic mass is 9.87. The van der Waals surface area contributed by atoms with Gasteiger partial charge in [-0.05, 0) is 51.3 Å². The highest BCUT2D eigenvalue weighted by Crippen LogP contribution is 2.38. The summed E-state index contributed by atoms with van der Waals surface area (Å²) in [6.07, 6.45) is -15.6. The number of amides is 1. The molecule has 1 saturated heterocycles. The van der Waals surface area contributed by atoms with Crippen molar-refractivity contribution in [1.82, 2.24) is 9.80 Å². The first-order valence-corrected chi connectivity index (χ1v) is 12.4. The molecule has 206 valence electrons. The monoisotopic (exact) mass is 545 g/mol. The number of piperidine rings is 1. The van der Waals surface area contributed by atoms with Crippen molar-refractivity contribution in [3.05, 3.63) is 28.8 Å². The van der Waals surface area contributed by atoms with E-state index in [-0.39, 0.29) is 13.1 Å². The standard InChI is InChI=1S/C24H34ClF6N3O2/c1-5-13-32(6-2)18-10-8-9-17(19(18)25)16-34(7-3)22(4)11-14-33(15-12-22)21(35)36-20(23(26,27)28)24(29,30)31/h8-10,20H,5-7,11-16H2,1-4H3. The van der Waals surface area contributed by atoms with Crippen LogP contribution in [0.5, 0.6) is 0 Å². The van der Waals surface area contributed by atoms with E-state index in [1.807, 2.05) is 32.0 Å². The normalized spacial score (nSPS) is 16.5. The lowest BCUT2D eigenvalue weighted by Crippen LogP contribution is -2.55. The molecule has 0 radical (unpaired) electrons. The zero-order valence-electron chi connectivity index (χ0n) is 21.0. The van der Waals surface area contributed by atoms with Gasteiger partial charge in [-0.15, -0.1) is 0 Å². The Hall–Kier alpha value is -1.88. The van der Waals surface area contributed by atoms with Crippen LogP contribution in [0, 0.1) is 0 Å². The Balaban J connectivity index is 2.11. The van der Waals surface area contributed by atoms with Gasteiger partial charge in [0, 0.05) is 38.3 Å². The Morgan fingerprint density at radius 2 is 1.67 bits per heavy atom. The highest BCUT2D eigenvalue weighted by atomic mass is 35.5. The van der Waals surface area contributed by atoms with Gasteiger partial charge in [-0.2, -0.15) is 26.3 Å². The lowest BCUT2D eigenvalue weighted by molar-refractivity contribution is -0.308. The number of anilines is 1. The van der Waals surface area contributed by atoms with E-state index < -0.39 is 30.1 Å². The minimum Gasteiger partial charge on any atom is -0.426 e. The number of benzene rings is 1. The largest absolute Gasteiger partial charge is 0.434 e. The third-order valence-electron chi connectivity index (χ3n) is 6.69. The summed E-state index contributed by atoms with van der Waals surface area (Å²) in [6, 6.07) is 5.86. The van der Waals surface area contributed by atoms with Crippen molar-refractivity contribution in [2.24, 2.45) is 0 Å². The first-order chi connectivity index (χ1) is 16.7. The SMILES string of the molecule is CCCN(CC)c1cccc(CN(CC)C2(C)CCN(C(=O)OC(C(F)(F)F)C(F)(F)F)CC2)c1Cl. The molecule has 1 aliphatic heterocycles. The molecule has 36 heavy (non-hydrogen) atoms. The summed E-state index contributed by atoms with van der Waals surface area (Å²) in [7, 11) is 0. The van der Waals surface area contributed by atoms with E-state index in [4.69, 9.17) is 11.6 Å². The summed E-state index contributed by atoms with van der Waals surface area (Å²) in [5, 5.41) is 0.654.